The first kappa shape index (κ1) is 31.0. The van der Waals surface area contributed by atoms with Gasteiger partial charge in [0.1, 0.15) is 10.2 Å². The first-order valence-corrected chi connectivity index (χ1v) is 14.9. The lowest BCUT2D eigenvalue weighted by Crippen LogP contribution is -2.43. The first-order valence-electron chi connectivity index (χ1n) is 14.1. The Morgan fingerprint density at radius 1 is 0.973 bits per heavy atom. The molecule has 6 nitrogen and oxygen atoms in total. The topological polar surface area (TPSA) is 61.6 Å². The highest BCUT2D eigenvalue weighted by molar-refractivity contribution is 7.18. The zero-order valence-electron chi connectivity index (χ0n) is 23.9. The summed E-state index contributed by atoms with van der Waals surface area (Å²) in [5.41, 5.74) is 2.13. The van der Waals surface area contributed by atoms with Gasteiger partial charge in [-0.15, -0.1) is 11.3 Å². The van der Waals surface area contributed by atoms with Crippen LogP contribution in [0.4, 0.5) is 6.01 Å². The third-order valence-corrected chi connectivity index (χ3v) is 7.72. The molecule has 0 saturated carbocycles. The third kappa shape index (κ3) is 10.6. The van der Waals surface area contributed by atoms with E-state index in [4.69, 9.17) is 4.42 Å². The number of nitrogens with one attached hydrogen (secondary N) is 1. The quantitative estimate of drug-likeness (QED) is 0.283. The Kier molecular flexibility index (Phi) is 14.5. The van der Waals surface area contributed by atoms with E-state index in [0.29, 0.717) is 11.4 Å². The molecular weight excluding hydrogens is 480 g/mol. The smallest absolute Gasteiger partial charge is 0.349 e. The molecule has 0 aliphatic carbocycles. The lowest BCUT2D eigenvalue weighted by atomic mass is 10.1. The number of thiophene rings is 1. The van der Waals surface area contributed by atoms with Gasteiger partial charge in [-0.1, -0.05) is 83.2 Å². The molecule has 1 aliphatic heterocycles. The number of aromatic nitrogens is 1. The molecule has 0 radical (unpaired) electrons. The normalized spacial score (nSPS) is 14.0. The number of nitrogens with zero attached hydrogens (tertiary/aromatic N) is 3. The highest BCUT2D eigenvalue weighted by Crippen LogP contribution is 2.27. The molecule has 3 heterocycles. The Labute approximate surface area is 228 Å². The second-order valence-electron chi connectivity index (χ2n) is 9.53. The number of hydrogen-bond acceptors (Lipinski definition) is 7. The van der Waals surface area contributed by atoms with Crippen LogP contribution in [0.1, 0.15) is 75.3 Å². The minimum absolute atomic E-state index is 0.285. The van der Waals surface area contributed by atoms with Crippen molar-refractivity contribution in [3.8, 4) is 0 Å². The van der Waals surface area contributed by atoms with Crippen molar-refractivity contribution in [2.75, 3.05) is 45.1 Å². The highest BCUT2D eigenvalue weighted by Gasteiger charge is 2.14. The van der Waals surface area contributed by atoms with Crippen LogP contribution in [-0.2, 0) is 6.54 Å². The number of hydrogen-bond donors (Lipinski definition) is 1. The van der Waals surface area contributed by atoms with Crippen LogP contribution < -0.4 is 10.9 Å². The van der Waals surface area contributed by atoms with Crippen LogP contribution in [0.15, 0.2) is 39.5 Å². The summed E-state index contributed by atoms with van der Waals surface area (Å²) in [5.74, 6) is 0. The maximum atomic E-state index is 12.0. The molecule has 37 heavy (non-hydrogen) atoms. The summed E-state index contributed by atoms with van der Waals surface area (Å²) in [6, 6.07) is 11.1. The van der Waals surface area contributed by atoms with Gasteiger partial charge >= 0.3 is 5.63 Å². The maximum Gasteiger partial charge on any atom is 0.349 e. The molecule has 0 spiro atoms. The molecule has 0 amide bonds. The van der Waals surface area contributed by atoms with E-state index >= 15 is 0 Å². The molecule has 7 heteroatoms. The van der Waals surface area contributed by atoms with E-state index in [1.807, 2.05) is 27.7 Å². The molecule has 1 aliphatic rings. The van der Waals surface area contributed by atoms with Crippen molar-refractivity contribution in [3.05, 3.63) is 56.8 Å². The maximum absolute atomic E-state index is 12.0. The average molecular weight is 529 g/mol. The fraction of sp³-hybridized carbons (Fsp3) is 0.600. The predicted molar refractivity (Wildman–Crippen MR) is 160 cm³/mol. The zero-order chi connectivity index (χ0) is 27.0. The fourth-order valence-corrected chi connectivity index (χ4v) is 5.22. The van der Waals surface area contributed by atoms with E-state index in [-0.39, 0.29) is 5.63 Å². The van der Waals surface area contributed by atoms with Crippen molar-refractivity contribution >= 4 is 27.6 Å². The van der Waals surface area contributed by atoms with Crippen LogP contribution in [0, 0.1) is 13.8 Å². The molecule has 2 aromatic heterocycles. The lowest BCUT2D eigenvalue weighted by Gasteiger charge is -2.32. The Hall–Kier alpha value is -2.22. The summed E-state index contributed by atoms with van der Waals surface area (Å²) < 4.78 is 5.26. The molecule has 206 valence electrons. The van der Waals surface area contributed by atoms with Crippen molar-refractivity contribution in [3.63, 3.8) is 0 Å². The van der Waals surface area contributed by atoms with Crippen LogP contribution in [0.3, 0.4) is 0 Å². The zero-order valence-corrected chi connectivity index (χ0v) is 24.8. The molecule has 1 aromatic carbocycles. The Balaban J connectivity index is 0.000000260. The second kappa shape index (κ2) is 17.3. The van der Waals surface area contributed by atoms with Crippen LogP contribution in [0.5, 0.6) is 0 Å². The van der Waals surface area contributed by atoms with Gasteiger partial charge in [-0.05, 0) is 38.4 Å². The van der Waals surface area contributed by atoms with Crippen molar-refractivity contribution in [1.29, 1.82) is 0 Å². The molecule has 0 bridgehead atoms. The molecular formula is C30H48N4O2S. The number of rotatable bonds is 10. The standard InChI is InChI=1S/C16H24N2O2S.C12H18N2.C2H6/c1-4-5-6-7-8-9-10-17-16-18-14-13(15(19)20-16)11(2)12(3)21-14;1-13-7-9-14(10-8-13)11-12-5-3-2-4-6-12;1-2/h4-10H2,1-3H3,(H,17,18);2-6H,7-11H2,1H3;1-2H3. The van der Waals surface area contributed by atoms with Gasteiger partial charge in [-0.3, -0.25) is 4.90 Å². The number of unbranched alkanes of at least 4 members (excludes halogenated alkanes) is 5. The minimum Gasteiger partial charge on any atom is -0.389 e. The van der Waals surface area contributed by atoms with Crippen LogP contribution >= 0.6 is 11.3 Å². The van der Waals surface area contributed by atoms with Gasteiger partial charge in [0.25, 0.3) is 6.01 Å². The van der Waals surface area contributed by atoms with Gasteiger partial charge in [0.05, 0.1) is 0 Å². The number of anilines is 1. The fourth-order valence-electron chi connectivity index (χ4n) is 4.21. The Morgan fingerprint density at radius 2 is 1.62 bits per heavy atom. The van der Waals surface area contributed by atoms with Crippen LogP contribution in [0.2, 0.25) is 0 Å². The molecule has 0 atom stereocenters. The van der Waals surface area contributed by atoms with Gasteiger partial charge in [-0.2, -0.15) is 4.98 Å². The molecule has 4 rings (SSSR count). The number of likely N-dealkylation sites (N-methyl/N-ethyl adjacent to an activating group) is 1. The second-order valence-corrected chi connectivity index (χ2v) is 10.7. The number of aryl methyl sites for hydroxylation is 2. The summed E-state index contributed by atoms with van der Waals surface area (Å²) in [5, 5.41) is 3.75. The van der Waals surface area contributed by atoms with Crippen LogP contribution in [-0.4, -0.2) is 54.6 Å². The summed E-state index contributed by atoms with van der Waals surface area (Å²) in [4.78, 5) is 23.2. The van der Waals surface area contributed by atoms with E-state index < -0.39 is 0 Å². The molecule has 1 fully saturated rings. The summed E-state index contributed by atoms with van der Waals surface area (Å²) in [6.45, 7) is 16.9. The van der Waals surface area contributed by atoms with Crippen molar-refractivity contribution in [2.45, 2.75) is 79.7 Å². The van der Waals surface area contributed by atoms with Gasteiger partial charge in [0.15, 0.2) is 0 Å². The van der Waals surface area contributed by atoms with Crippen molar-refractivity contribution < 1.29 is 4.42 Å². The lowest BCUT2D eigenvalue weighted by molar-refractivity contribution is 0.148. The van der Waals surface area contributed by atoms with E-state index in [9.17, 15) is 4.79 Å². The molecule has 3 aromatic rings. The van der Waals surface area contributed by atoms with Crippen molar-refractivity contribution in [2.24, 2.45) is 0 Å². The molecule has 1 saturated heterocycles. The summed E-state index contributed by atoms with van der Waals surface area (Å²) in [6.07, 6.45) is 7.45. The van der Waals surface area contributed by atoms with E-state index in [1.54, 1.807) is 11.3 Å². The van der Waals surface area contributed by atoms with E-state index in [2.05, 4.69) is 64.4 Å². The third-order valence-electron chi connectivity index (χ3n) is 6.61. The van der Waals surface area contributed by atoms with Crippen molar-refractivity contribution in [1.82, 2.24) is 14.8 Å². The van der Waals surface area contributed by atoms with Gasteiger partial charge in [-0.25, -0.2) is 4.79 Å². The summed E-state index contributed by atoms with van der Waals surface area (Å²) >= 11 is 1.55. The highest BCUT2D eigenvalue weighted by atomic mass is 32.1. The van der Waals surface area contributed by atoms with Gasteiger partial charge < -0.3 is 14.6 Å². The average Bonchev–Trinajstić information content (AvgIpc) is 3.20. The minimum atomic E-state index is -0.285. The van der Waals surface area contributed by atoms with Crippen LogP contribution in [0.25, 0.3) is 10.2 Å². The van der Waals surface area contributed by atoms with Gasteiger partial charge in [0, 0.05) is 44.1 Å². The largest absolute Gasteiger partial charge is 0.389 e. The number of fused-ring (bicyclic) bond motifs is 1. The van der Waals surface area contributed by atoms with E-state index in [0.717, 1.165) is 34.8 Å². The van der Waals surface area contributed by atoms with E-state index in [1.165, 1.54) is 63.8 Å². The monoisotopic (exact) mass is 528 g/mol. The number of benzene rings is 1. The Morgan fingerprint density at radius 3 is 2.30 bits per heavy atom. The van der Waals surface area contributed by atoms with Gasteiger partial charge in [0.2, 0.25) is 0 Å². The Bertz CT molecular complexity index is 1070. The first-order chi connectivity index (χ1) is 18.0. The molecule has 1 N–H and O–H groups in total. The predicted octanol–water partition coefficient (Wildman–Crippen LogP) is 7.10. The number of piperazine rings is 1. The summed E-state index contributed by atoms with van der Waals surface area (Å²) in [7, 11) is 2.19. The molecule has 0 unspecified atom stereocenters. The SMILES string of the molecule is CC.CCCCCCCCNc1nc2sc(C)c(C)c2c(=O)o1.CN1CCN(Cc2ccccc2)CC1.